The van der Waals surface area contributed by atoms with Crippen LogP contribution < -0.4 is 9.64 Å². The number of methoxy groups -OCH3 is 1. The van der Waals surface area contributed by atoms with Gasteiger partial charge in [0.15, 0.2) is 0 Å². The van der Waals surface area contributed by atoms with Gasteiger partial charge in [-0.05, 0) is 48.2 Å². The molecule has 1 atom stereocenters. The van der Waals surface area contributed by atoms with E-state index in [0.29, 0.717) is 30.3 Å². The second-order valence-corrected chi connectivity index (χ2v) is 12.2. The maximum Gasteiger partial charge on any atom is 0.511 e. The highest BCUT2D eigenvalue weighted by molar-refractivity contribution is 7.99. The van der Waals surface area contributed by atoms with E-state index >= 15 is 0 Å². The number of aromatic nitrogens is 2. The smallest absolute Gasteiger partial charge is 0.467 e. The van der Waals surface area contributed by atoms with Crippen molar-refractivity contribution in [2.75, 3.05) is 30.2 Å². The van der Waals surface area contributed by atoms with Crippen LogP contribution in [-0.4, -0.2) is 69.0 Å². The average molecular weight is 645 g/mol. The van der Waals surface area contributed by atoms with Crippen molar-refractivity contribution in [2.24, 2.45) is 0 Å². The first-order valence-electron chi connectivity index (χ1n) is 15.7. The summed E-state index contributed by atoms with van der Waals surface area (Å²) < 4.78 is 12.2. The zero-order chi connectivity index (χ0) is 32.6. The van der Waals surface area contributed by atoms with Gasteiger partial charge >= 0.3 is 18.2 Å². The lowest BCUT2D eigenvalue weighted by molar-refractivity contribution is -0.144. The molecular formula is C35H40N4O6S. The molecule has 1 unspecified atom stereocenters. The van der Waals surface area contributed by atoms with Gasteiger partial charge in [-0.1, -0.05) is 69.2 Å². The molecule has 4 aromatic rings. The normalized spacial score (nSPS) is 14.4. The number of carboxylic acid groups (broad SMARTS) is 1. The number of carbonyl (C=O) groups excluding carboxylic acids is 2. The molecule has 2 amide bonds. The van der Waals surface area contributed by atoms with Crippen molar-refractivity contribution in [3.05, 3.63) is 78.1 Å². The Bertz CT molecular complexity index is 1690. The monoisotopic (exact) mass is 644 g/mol. The number of fused-ring (bicyclic) bond motifs is 1. The molecule has 1 N–H and O–H groups in total. The first kappa shape index (κ1) is 32.9. The summed E-state index contributed by atoms with van der Waals surface area (Å²) in [6.07, 6.45) is 3.24. The molecule has 1 aromatic heterocycles. The van der Waals surface area contributed by atoms with Crippen molar-refractivity contribution in [1.29, 1.82) is 0 Å². The largest absolute Gasteiger partial charge is 0.511 e. The van der Waals surface area contributed by atoms with E-state index in [1.807, 2.05) is 54.6 Å². The summed E-state index contributed by atoms with van der Waals surface area (Å²) in [6, 6.07) is 20.2. The van der Waals surface area contributed by atoms with Gasteiger partial charge in [-0.25, -0.2) is 19.4 Å². The van der Waals surface area contributed by atoms with E-state index in [1.54, 1.807) is 33.7 Å². The predicted octanol–water partition coefficient (Wildman–Crippen LogP) is 7.43. The molecule has 2 heterocycles. The Balaban J connectivity index is 1.48. The first-order valence-corrected chi connectivity index (χ1v) is 16.8. The Kier molecular flexibility index (Phi) is 10.8. The van der Waals surface area contributed by atoms with Crippen LogP contribution in [0.25, 0.3) is 22.2 Å². The van der Waals surface area contributed by atoms with Gasteiger partial charge in [0, 0.05) is 36.5 Å². The number of hydrogen-bond acceptors (Lipinski definition) is 7. The van der Waals surface area contributed by atoms with Crippen molar-refractivity contribution >= 4 is 46.6 Å². The van der Waals surface area contributed by atoms with Crippen molar-refractivity contribution in [2.45, 2.75) is 58.5 Å². The van der Waals surface area contributed by atoms with Crippen LogP contribution in [0.4, 0.5) is 15.3 Å². The molecule has 1 fully saturated rings. The van der Waals surface area contributed by atoms with Crippen molar-refractivity contribution < 1.29 is 29.0 Å². The van der Waals surface area contributed by atoms with Crippen LogP contribution in [0.3, 0.4) is 0 Å². The lowest BCUT2D eigenvalue weighted by Gasteiger charge is -2.30. The molecule has 0 aliphatic carbocycles. The fraction of sp³-hybridized carbons (Fsp3) is 0.371. The number of imidazole rings is 1. The molecule has 0 saturated carbocycles. The van der Waals surface area contributed by atoms with Crippen LogP contribution in [0, 0.1) is 0 Å². The molecule has 242 valence electrons. The molecule has 3 aromatic carbocycles. The van der Waals surface area contributed by atoms with E-state index in [4.69, 9.17) is 19.6 Å². The quantitative estimate of drug-likeness (QED) is 0.125. The zero-order valence-corrected chi connectivity index (χ0v) is 27.3. The summed E-state index contributed by atoms with van der Waals surface area (Å²) in [7, 11) is 1.36. The third-order valence-electron chi connectivity index (χ3n) is 8.13. The number of amides is 2. The van der Waals surface area contributed by atoms with E-state index in [2.05, 4.69) is 18.4 Å². The van der Waals surface area contributed by atoms with Gasteiger partial charge < -0.3 is 24.0 Å². The summed E-state index contributed by atoms with van der Waals surface area (Å²) in [4.78, 5) is 46.0. The number of hydrogen-bond donors (Lipinski definition) is 1. The molecule has 1 aliphatic heterocycles. The van der Waals surface area contributed by atoms with E-state index in [0.717, 1.165) is 65.8 Å². The number of benzene rings is 3. The second-order valence-electron chi connectivity index (χ2n) is 11.2. The third-order valence-corrected chi connectivity index (χ3v) is 9.15. The Hall–Kier alpha value is -4.51. The van der Waals surface area contributed by atoms with Crippen LogP contribution in [-0.2, 0) is 22.5 Å². The molecule has 10 nitrogen and oxygen atoms in total. The van der Waals surface area contributed by atoms with Gasteiger partial charge in [-0.2, -0.15) is 0 Å². The van der Waals surface area contributed by atoms with Crippen LogP contribution in [0.15, 0.2) is 66.7 Å². The van der Waals surface area contributed by atoms with Gasteiger partial charge in [-0.15, -0.1) is 11.8 Å². The number of ether oxygens (including phenoxy) is 2. The van der Waals surface area contributed by atoms with E-state index in [-0.39, 0.29) is 11.8 Å². The number of unbranched alkanes of at least 4 members (excludes halogenated alkanes) is 2. The maximum absolute atomic E-state index is 13.9. The van der Waals surface area contributed by atoms with Gasteiger partial charge in [0.05, 0.1) is 24.0 Å². The summed E-state index contributed by atoms with van der Waals surface area (Å²) in [5.74, 6) is 1.82. The maximum atomic E-state index is 13.9. The number of para-hydroxylation sites is 1. The molecule has 0 radical (unpaired) electrons. The summed E-state index contributed by atoms with van der Waals surface area (Å²) in [5.41, 5.74) is 5.15. The van der Waals surface area contributed by atoms with E-state index in [9.17, 15) is 14.4 Å². The van der Waals surface area contributed by atoms with Crippen LogP contribution in [0.2, 0.25) is 0 Å². The Morgan fingerprint density at radius 3 is 2.50 bits per heavy atom. The summed E-state index contributed by atoms with van der Waals surface area (Å²) in [5, 5.41) is 9.15. The number of thioether (sulfide) groups is 1. The van der Waals surface area contributed by atoms with Crippen LogP contribution in [0.1, 0.15) is 50.9 Å². The summed E-state index contributed by atoms with van der Waals surface area (Å²) in [6.45, 7) is 5.35. The Morgan fingerprint density at radius 1 is 1.02 bits per heavy atom. The Labute approximate surface area is 273 Å². The lowest BCUT2D eigenvalue weighted by atomic mass is 10.0. The van der Waals surface area contributed by atoms with Crippen molar-refractivity contribution in [3.63, 3.8) is 0 Å². The number of urea groups is 1. The SMILES string of the molecule is CCCCc1nc2ccc(N(CCCC)C(=O)N3CSCC3C(=O)OC)cc2n1Cc1ccc(-c2ccccc2OC(=O)O)cc1. The standard InChI is InChI=1S/C35H40N4O6S/c1-4-6-12-32-36-28-18-17-26(37(19-7-5-2)34(41)39-23-46-22-30(39)33(40)44-3)20-29(28)38(32)21-24-13-15-25(16-14-24)27-10-8-9-11-31(27)45-35(42)43/h8-11,13-18,20,30H,4-7,12,19,21-23H2,1-3H3,(H,42,43). The molecule has 46 heavy (non-hydrogen) atoms. The number of nitrogens with zero attached hydrogens (tertiary/aromatic N) is 4. The molecule has 0 bridgehead atoms. The van der Waals surface area contributed by atoms with E-state index < -0.39 is 18.2 Å². The number of esters is 1. The Morgan fingerprint density at radius 2 is 1.78 bits per heavy atom. The van der Waals surface area contributed by atoms with E-state index in [1.165, 1.54) is 7.11 Å². The number of rotatable bonds is 12. The molecule has 11 heteroatoms. The van der Waals surface area contributed by atoms with Crippen molar-refractivity contribution in [3.8, 4) is 16.9 Å². The molecule has 1 aliphatic rings. The van der Waals surface area contributed by atoms with Gasteiger partial charge in [0.25, 0.3) is 0 Å². The average Bonchev–Trinajstić information content (AvgIpc) is 3.69. The highest BCUT2D eigenvalue weighted by atomic mass is 32.2. The second kappa shape index (κ2) is 15.2. The molecule has 5 rings (SSSR count). The molecule has 0 spiro atoms. The summed E-state index contributed by atoms with van der Waals surface area (Å²) >= 11 is 1.55. The fourth-order valence-corrected chi connectivity index (χ4v) is 6.79. The fourth-order valence-electron chi connectivity index (χ4n) is 5.66. The first-order chi connectivity index (χ1) is 22.3. The minimum absolute atomic E-state index is 0.201. The zero-order valence-electron chi connectivity index (χ0n) is 26.5. The van der Waals surface area contributed by atoms with Crippen molar-refractivity contribution in [1.82, 2.24) is 14.5 Å². The highest BCUT2D eigenvalue weighted by Crippen LogP contribution is 2.32. The lowest BCUT2D eigenvalue weighted by Crippen LogP contribution is -2.49. The minimum Gasteiger partial charge on any atom is -0.467 e. The topological polar surface area (TPSA) is 114 Å². The molecule has 1 saturated heterocycles. The predicted molar refractivity (Wildman–Crippen MR) is 181 cm³/mol. The van der Waals surface area contributed by atoms with Gasteiger partial charge in [-0.3, -0.25) is 4.90 Å². The minimum atomic E-state index is -1.35. The molecular weight excluding hydrogens is 604 g/mol. The number of carbonyl (C=O) groups is 3. The van der Waals surface area contributed by atoms with Crippen LogP contribution >= 0.6 is 11.8 Å². The van der Waals surface area contributed by atoms with Gasteiger partial charge in [0.2, 0.25) is 0 Å². The highest BCUT2D eigenvalue weighted by Gasteiger charge is 2.38. The number of aryl methyl sites for hydroxylation is 1. The third kappa shape index (κ3) is 7.31. The van der Waals surface area contributed by atoms with Crippen LogP contribution in [0.5, 0.6) is 5.75 Å². The number of anilines is 1. The van der Waals surface area contributed by atoms with Gasteiger partial charge in [0.1, 0.15) is 17.6 Å².